The molecule has 10 aromatic rings. The molecule has 286 valence electrons. The predicted molar refractivity (Wildman–Crippen MR) is 249 cm³/mol. The standard InChI is InChI=1S/C55H41N5/c1-55(2)46-23-13-10-20-40(46)41-31-30-39(32-47(41)55)60-49-25-15-12-22-43(49)45-33-44-42-21-11-14-24-48(42)59(50(44)34-51(45)60)38-28-26-35(27-29-38)52-56-53(36-16-6-4-7-17-36)58(3)54(57-52)37-18-8-5-9-19-37/h4-34,53H,1-3H3. The molecule has 1 atom stereocenters. The molecule has 2 aliphatic rings. The van der Waals surface area contributed by atoms with Crippen LogP contribution in [0.3, 0.4) is 0 Å². The third-order valence-corrected chi connectivity index (χ3v) is 13.0. The van der Waals surface area contributed by atoms with E-state index in [1.807, 2.05) is 12.1 Å². The third-order valence-electron chi connectivity index (χ3n) is 13.0. The van der Waals surface area contributed by atoms with Crippen LogP contribution in [0.1, 0.15) is 47.8 Å². The van der Waals surface area contributed by atoms with Gasteiger partial charge in [0.25, 0.3) is 0 Å². The molecule has 0 bridgehead atoms. The first-order valence-electron chi connectivity index (χ1n) is 20.8. The Morgan fingerprint density at radius 2 is 1.02 bits per heavy atom. The van der Waals surface area contributed by atoms with Gasteiger partial charge in [0.1, 0.15) is 12.0 Å². The van der Waals surface area contributed by atoms with E-state index in [0.29, 0.717) is 0 Å². The van der Waals surface area contributed by atoms with Crippen LogP contribution in [-0.2, 0) is 5.41 Å². The van der Waals surface area contributed by atoms with Crippen LogP contribution in [0.5, 0.6) is 0 Å². The number of benzene rings is 8. The highest BCUT2D eigenvalue weighted by Crippen LogP contribution is 2.50. The average Bonchev–Trinajstić information content (AvgIpc) is 3.88. The molecule has 5 heteroatoms. The van der Waals surface area contributed by atoms with E-state index in [0.717, 1.165) is 34.0 Å². The zero-order valence-electron chi connectivity index (χ0n) is 33.7. The van der Waals surface area contributed by atoms with Crippen LogP contribution in [0.4, 0.5) is 0 Å². The molecule has 3 heterocycles. The Morgan fingerprint density at radius 3 is 1.72 bits per heavy atom. The molecule has 60 heavy (non-hydrogen) atoms. The second kappa shape index (κ2) is 13.0. The molecule has 1 unspecified atom stereocenters. The lowest BCUT2D eigenvalue weighted by molar-refractivity contribution is 0.383. The van der Waals surface area contributed by atoms with Crippen LogP contribution in [-0.4, -0.2) is 32.8 Å². The van der Waals surface area contributed by atoms with Crippen LogP contribution >= 0.6 is 0 Å². The summed E-state index contributed by atoms with van der Waals surface area (Å²) in [6.07, 6.45) is -0.202. The summed E-state index contributed by atoms with van der Waals surface area (Å²) < 4.78 is 4.89. The summed E-state index contributed by atoms with van der Waals surface area (Å²) >= 11 is 0. The maximum atomic E-state index is 5.25. The van der Waals surface area contributed by atoms with Crippen LogP contribution in [0.15, 0.2) is 198 Å². The highest BCUT2D eigenvalue weighted by Gasteiger charge is 2.35. The number of amidine groups is 2. The molecule has 0 radical (unpaired) electrons. The van der Waals surface area contributed by atoms with Crippen LogP contribution in [0.25, 0.3) is 66.1 Å². The van der Waals surface area contributed by atoms with Crippen molar-refractivity contribution in [3.63, 3.8) is 0 Å². The Hall–Kier alpha value is -7.50. The van der Waals surface area contributed by atoms with Crippen molar-refractivity contribution < 1.29 is 0 Å². The molecule has 1 aliphatic heterocycles. The van der Waals surface area contributed by atoms with Crippen LogP contribution in [0, 0.1) is 0 Å². The summed E-state index contributed by atoms with van der Waals surface area (Å²) in [6, 6.07) is 68.1. The van der Waals surface area contributed by atoms with E-state index in [2.05, 4.69) is 211 Å². The van der Waals surface area contributed by atoms with E-state index in [1.54, 1.807) is 0 Å². The summed E-state index contributed by atoms with van der Waals surface area (Å²) in [7, 11) is 2.08. The van der Waals surface area contributed by atoms with E-state index in [4.69, 9.17) is 9.98 Å². The van der Waals surface area contributed by atoms with Crippen LogP contribution < -0.4 is 0 Å². The van der Waals surface area contributed by atoms with Crippen molar-refractivity contribution in [3.8, 4) is 22.5 Å². The maximum absolute atomic E-state index is 5.25. The normalized spacial score (nSPS) is 15.7. The number of fused-ring (bicyclic) bond motifs is 9. The third kappa shape index (κ3) is 5.05. The van der Waals surface area contributed by atoms with Crippen molar-refractivity contribution >= 4 is 55.3 Å². The lowest BCUT2D eigenvalue weighted by Crippen LogP contribution is -2.35. The number of nitrogens with zero attached hydrogens (tertiary/aromatic N) is 5. The zero-order chi connectivity index (χ0) is 40.1. The van der Waals surface area contributed by atoms with Gasteiger partial charge in [-0.15, -0.1) is 0 Å². The van der Waals surface area contributed by atoms with E-state index in [1.165, 1.54) is 71.6 Å². The quantitative estimate of drug-likeness (QED) is 0.172. The molecule has 1 aliphatic carbocycles. The fourth-order valence-electron chi connectivity index (χ4n) is 10.0. The second-order valence-corrected chi connectivity index (χ2v) is 16.7. The van der Waals surface area contributed by atoms with Gasteiger partial charge in [-0.25, -0.2) is 9.98 Å². The van der Waals surface area contributed by atoms with Gasteiger partial charge in [-0.05, 0) is 88.5 Å². The topological polar surface area (TPSA) is 37.8 Å². The van der Waals surface area contributed by atoms with Gasteiger partial charge in [0.05, 0.1) is 22.1 Å². The fraction of sp³-hybridized carbons (Fsp3) is 0.0909. The monoisotopic (exact) mass is 771 g/mol. The first-order chi connectivity index (χ1) is 29.4. The Bertz CT molecular complexity index is 3400. The molecular weight excluding hydrogens is 731 g/mol. The number of aromatic nitrogens is 2. The summed E-state index contributed by atoms with van der Waals surface area (Å²) in [5.41, 5.74) is 15.5. The Kier molecular flexibility index (Phi) is 7.48. The van der Waals surface area contributed by atoms with E-state index < -0.39 is 0 Å². The number of rotatable bonds is 5. The fourth-order valence-corrected chi connectivity index (χ4v) is 10.0. The van der Waals surface area contributed by atoms with Gasteiger partial charge in [-0.1, -0.05) is 141 Å². The van der Waals surface area contributed by atoms with Crippen molar-refractivity contribution in [1.82, 2.24) is 14.0 Å². The van der Waals surface area contributed by atoms with Crippen molar-refractivity contribution in [2.75, 3.05) is 7.05 Å². The molecule has 2 aromatic heterocycles. The van der Waals surface area contributed by atoms with Crippen LogP contribution in [0.2, 0.25) is 0 Å². The minimum atomic E-state index is -0.202. The molecule has 0 fully saturated rings. The van der Waals surface area contributed by atoms with Gasteiger partial charge in [-0.2, -0.15) is 0 Å². The summed E-state index contributed by atoms with van der Waals surface area (Å²) in [5.74, 6) is 1.62. The lowest BCUT2D eigenvalue weighted by Gasteiger charge is -2.32. The van der Waals surface area contributed by atoms with E-state index in [9.17, 15) is 0 Å². The van der Waals surface area contributed by atoms with Gasteiger partial charge in [0.15, 0.2) is 5.84 Å². The predicted octanol–water partition coefficient (Wildman–Crippen LogP) is 13.0. The SMILES string of the molecule is CN1C(c2ccccc2)=NC(c2ccc(-n3c4ccccc4c4cc5c6ccccc6n(-c6ccc7c(c6)C(C)(C)c6ccccc6-7)c5cc43)cc2)=NC1c1ccccc1. The average molecular weight is 772 g/mol. The highest BCUT2D eigenvalue weighted by molar-refractivity contribution is 6.19. The van der Waals surface area contributed by atoms with E-state index >= 15 is 0 Å². The summed E-state index contributed by atoms with van der Waals surface area (Å²) in [5, 5.41) is 4.97. The molecule has 0 saturated heterocycles. The Morgan fingerprint density at radius 1 is 0.450 bits per heavy atom. The molecule has 0 N–H and O–H groups in total. The van der Waals surface area contributed by atoms with Crippen molar-refractivity contribution in [3.05, 3.63) is 216 Å². The molecule has 5 nitrogen and oxygen atoms in total. The Balaban J connectivity index is 1.03. The lowest BCUT2D eigenvalue weighted by atomic mass is 9.82. The van der Waals surface area contributed by atoms with Gasteiger partial charge < -0.3 is 14.0 Å². The molecule has 0 saturated carbocycles. The molecule has 8 aromatic carbocycles. The first-order valence-corrected chi connectivity index (χ1v) is 20.8. The van der Waals surface area contributed by atoms with Crippen molar-refractivity contribution in [2.45, 2.75) is 25.4 Å². The first kappa shape index (κ1) is 34.5. The van der Waals surface area contributed by atoms with Crippen molar-refractivity contribution in [2.24, 2.45) is 9.98 Å². The number of aliphatic imine (C=N–C) groups is 2. The molecule has 12 rings (SSSR count). The van der Waals surface area contributed by atoms with Gasteiger partial charge >= 0.3 is 0 Å². The zero-order valence-corrected chi connectivity index (χ0v) is 33.7. The minimum Gasteiger partial charge on any atom is -0.333 e. The number of hydrogen-bond donors (Lipinski definition) is 0. The molecule has 0 spiro atoms. The van der Waals surface area contributed by atoms with E-state index in [-0.39, 0.29) is 11.6 Å². The van der Waals surface area contributed by atoms with Crippen molar-refractivity contribution in [1.29, 1.82) is 0 Å². The molecule has 0 amide bonds. The largest absolute Gasteiger partial charge is 0.333 e. The Labute approximate surface area is 348 Å². The summed E-state index contributed by atoms with van der Waals surface area (Å²) in [4.78, 5) is 12.6. The molecular formula is C55H41N5. The summed E-state index contributed by atoms with van der Waals surface area (Å²) in [6.45, 7) is 4.71. The maximum Gasteiger partial charge on any atom is 0.159 e. The van der Waals surface area contributed by atoms with Gasteiger partial charge in [0.2, 0.25) is 0 Å². The second-order valence-electron chi connectivity index (χ2n) is 16.7. The highest BCUT2D eigenvalue weighted by atomic mass is 15.3. The van der Waals surface area contributed by atoms with Gasteiger partial charge in [-0.3, -0.25) is 0 Å². The number of para-hydroxylation sites is 2. The minimum absolute atomic E-state index is 0.0947. The number of hydrogen-bond acceptors (Lipinski definition) is 3. The smallest absolute Gasteiger partial charge is 0.159 e. The van der Waals surface area contributed by atoms with Gasteiger partial charge in [0, 0.05) is 56.5 Å².